The van der Waals surface area contributed by atoms with Gasteiger partial charge in [-0.2, -0.15) is 0 Å². The Balaban J connectivity index is 2.44. The van der Waals surface area contributed by atoms with E-state index in [0.29, 0.717) is 0 Å². The van der Waals surface area contributed by atoms with E-state index in [9.17, 15) is 0 Å². The van der Waals surface area contributed by atoms with Crippen molar-refractivity contribution in [2.45, 2.75) is 11.8 Å². The topological polar surface area (TPSA) is 9.23 Å². The predicted molar refractivity (Wildman–Crippen MR) is 95.4 cm³/mol. The molecule has 2 rings (SSSR count). The summed E-state index contributed by atoms with van der Waals surface area (Å²) in [4.78, 5) is 0.166. The first-order valence-corrected chi connectivity index (χ1v) is 8.56. The number of aryl methyl sites for hydroxylation is 1. The van der Waals surface area contributed by atoms with Gasteiger partial charge in [-0.1, -0.05) is 56.1 Å². The summed E-state index contributed by atoms with van der Waals surface area (Å²) in [6.45, 7) is 2.13. The molecule has 2 aromatic rings. The van der Waals surface area contributed by atoms with Crippen molar-refractivity contribution < 1.29 is 4.74 Å². The van der Waals surface area contributed by atoms with Crippen LogP contribution in [0, 0.1) is 10.5 Å². The van der Waals surface area contributed by atoms with Gasteiger partial charge in [-0.3, -0.25) is 0 Å². The van der Waals surface area contributed by atoms with Gasteiger partial charge >= 0.3 is 0 Å². The second-order valence-electron chi connectivity index (χ2n) is 4.23. The molecule has 0 fully saturated rings. The Bertz CT molecular complexity index is 599. The molecule has 0 spiro atoms. The van der Waals surface area contributed by atoms with Crippen LogP contribution in [0.5, 0.6) is 5.75 Å². The number of hydrogen-bond acceptors (Lipinski definition) is 1. The minimum atomic E-state index is 0.166. The molecular weight excluding hydrogens is 483 g/mol. The van der Waals surface area contributed by atoms with Crippen molar-refractivity contribution in [1.82, 2.24) is 0 Å². The van der Waals surface area contributed by atoms with Crippen LogP contribution in [-0.4, -0.2) is 7.11 Å². The van der Waals surface area contributed by atoms with Gasteiger partial charge in [0.1, 0.15) is 5.75 Å². The first kappa shape index (κ1) is 15.3. The molecule has 0 aliphatic rings. The fourth-order valence-corrected chi connectivity index (χ4v) is 4.65. The molecule has 1 nitrogen and oxygen atoms in total. The number of methoxy groups -OCH3 is 1. The molecule has 0 aliphatic carbocycles. The maximum absolute atomic E-state index is 5.23. The van der Waals surface area contributed by atoms with Gasteiger partial charge in [-0.15, -0.1) is 0 Å². The van der Waals surface area contributed by atoms with E-state index in [1.807, 2.05) is 12.1 Å². The number of rotatable bonds is 3. The number of hydrogen-bond donors (Lipinski definition) is 0. The monoisotopic (exact) mass is 494 g/mol. The van der Waals surface area contributed by atoms with Crippen LogP contribution in [0.15, 0.2) is 40.9 Å². The van der Waals surface area contributed by atoms with Crippen molar-refractivity contribution in [2.75, 3.05) is 7.11 Å². The molecule has 0 aromatic heterocycles. The Morgan fingerprint density at radius 1 is 1.16 bits per heavy atom. The van der Waals surface area contributed by atoms with Gasteiger partial charge in [0.05, 0.1) is 11.9 Å². The molecular formula is C15H13Br2IO. The molecule has 1 unspecified atom stereocenters. The second-order valence-corrected chi connectivity index (χ2v) is 7.08. The SMILES string of the molecule is COc1ccc(C(Br)c2cccc(C)c2I)c(Br)c1. The van der Waals surface area contributed by atoms with Crippen molar-refractivity contribution in [3.63, 3.8) is 0 Å². The fourth-order valence-electron chi connectivity index (χ4n) is 1.87. The van der Waals surface area contributed by atoms with E-state index in [-0.39, 0.29) is 4.83 Å². The lowest BCUT2D eigenvalue weighted by Gasteiger charge is -2.16. The fraction of sp³-hybridized carbons (Fsp3) is 0.200. The molecule has 0 aliphatic heterocycles. The first-order valence-electron chi connectivity index (χ1n) is 5.77. The minimum absolute atomic E-state index is 0.166. The molecule has 0 saturated heterocycles. The molecule has 100 valence electrons. The zero-order valence-corrected chi connectivity index (χ0v) is 15.9. The summed E-state index contributed by atoms with van der Waals surface area (Å²) in [5.74, 6) is 0.856. The molecule has 2 aromatic carbocycles. The number of benzene rings is 2. The Kier molecular flexibility index (Phi) is 5.31. The Labute approximate surface area is 144 Å². The molecule has 4 heteroatoms. The van der Waals surface area contributed by atoms with E-state index in [1.54, 1.807) is 7.11 Å². The van der Waals surface area contributed by atoms with E-state index in [4.69, 9.17) is 4.74 Å². The van der Waals surface area contributed by atoms with Crippen LogP contribution in [0.25, 0.3) is 0 Å². The lowest BCUT2D eigenvalue weighted by atomic mass is 10.0. The number of halogens is 3. The number of alkyl halides is 1. The van der Waals surface area contributed by atoms with Gasteiger partial charge in [0.25, 0.3) is 0 Å². The minimum Gasteiger partial charge on any atom is -0.497 e. The first-order chi connectivity index (χ1) is 9.04. The van der Waals surface area contributed by atoms with Crippen molar-refractivity contribution in [3.05, 3.63) is 61.1 Å². The van der Waals surface area contributed by atoms with Crippen LogP contribution < -0.4 is 4.74 Å². The van der Waals surface area contributed by atoms with Crippen molar-refractivity contribution in [3.8, 4) is 5.75 Å². The zero-order chi connectivity index (χ0) is 14.0. The maximum Gasteiger partial charge on any atom is 0.120 e. The highest BCUT2D eigenvalue weighted by Crippen LogP contribution is 2.39. The average molecular weight is 496 g/mol. The van der Waals surface area contributed by atoms with Crippen LogP contribution in [0.1, 0.15) is 21.5 Å². The Morgan fingerprint density at radius 2 is 1.89 bits per heavy atom. The standard InChI is InChI=1S/C15H13Br2IO/c1-9-4-3-5-12(15(9)18)14(17)11-7-6-10(19-2)8-13(11)16/h3-8,14H,1-2H3. The lowest BCUT2D eigenvalue weighted by Crippen LogP contribution is -1.99. The molecule has 0 radical (unpaired) electrons. The smallest absolute Gasteiger partial charge is 0.120 e. The van der Waals surface area contributed by atoms with Gasteiger partial charge in [-0.05, 0) is 58.3 Å². The van der Waals surface area contributed by atoms with Crippen LogP contribution in [0.2, 0.25) is 0 Å². The summed E-state index contributed by atoms with van der Waals surface area (Å²) >= 11 is 9.82. The highest BCUT2D eigenvalue weighted by atomic mass is 127. The van der Waals surface area contributed by atoms with Gasteiger partial charge < -0.3 is 4.74 Å². The largest absolute Gasteiger partial charge is 0.497 e. The van der Waals surface area contributed by atoms with Crippen molar-refractivity contribution in [1.29, 1.82) is 0 Å². The molecule has 19 heavy (non-hydrogen) atoms. The summed E-state index contributed by atoms with van der Waals surface area (Å²) in [5.41, 5.74) is 3.78. The summed E-state index contributed by atoms with van der Waals surface area (Å²) < 4.78 is 7.57. The van der Waals surface area contributed by atoms with E-state index in [0.717, 1.165) is 10.2 Å². The molecule has 0 bridgehead atoms. The second kappa shape index (κ2) is 6.59. The lowest BCUT2D eigenvalue weighted by molar-refractivity contribution is 0.414. The number of ether oxygens (including phenoxy) is 1. The van der Waals surface area contributed by atoms with Crippen molar-refractivity contribution >= 4 is 54.5 Å². The average Bonchev–Trinajstić information content (AvgIpc) is 2.41. The van der Waals surface area contributed by atoms with Crippen LogP contribution in [0.3, 0.4) is 0 Å². The van der Waals surface area contributed by atoms with Gasteiger partial charge in [0.15, 0.2) is 0 Å². The molecule has 1 atom stereocenters. The third-order valence-electron chi connectivity index (χ3n) is 2.98. The van der Waals surface area contributed by atoms with Crippen LogP contribution in [0.4, 0.5) is 0 Å². The van der Waals surface area contributed by atoms with E-state index < -0.39 is 0 Å². The third kappa shape index (κ3) is 3.34. The molecule has 0 N–H and O–H groups in total. The Morgan fingerprint density at radius 3 is 2.53 bits per heavy atom. The van der Waals surface area contributed by atoms with E-state index in [2.05, 4.69) is 85.6 Å². The molecule has 0 saturated carbocycles. The van der Waals surface area contributed by atoms with E-state index >= 15 is 0 Å². The highest BCUT2D eigenvalue weighted by Gasteiger charge is 2.17. The van der Waals surface area contributed by atoms with Crippen LogP contribution in [-0.2, 0) is 0 Å². The summed E-state index contributed by atoms with van der Waals surface area (Å²) in [6, 6.07) is 12.4. The van der Waals surface area contributed by atoms with Crippen molar-refractivity contribution in [2.24, 2.45) is 0 Å². The van der Waals surface area contributed by atoms with Gasteiger partial charge in [0.2, 0.25) is 0 Å². The van der Waals surface area contributed by atoms with Crippen LogP contribution >= 0.6 is 54.5 Å². The third-order valence-corrected chi connectivity index (χ3v) is 6.12. The summed E-state index contributed by atoms with van der Waals surface area (Å²) in [5, 5.41) is 0. The molecule has 0 amide bonds. The predicted octanol–water partition coefficient (Wildman–Crippen LogP) is 5.86. The quantitative estimate of drug-likeness (QED) is 0.383. The maximum atomic E-state index is 5.23. The summed E-state index contributed by atoms with van der Waals surface area (Å²) in [6.07, 6.45) is 0. The van der Waals surface area contributed by atoms with Gasteiger partial charge in [0, 0.05) is 8.04 Å². The normalized spacial score (nSPS) is 12.3. The summed E-state index contributed by atoms with van der Waals surface area (Å²) in [7, 11) is 1.68. The zero-order valence-electron chi connectivity index (χ0n) is 10.6. The molecule has 0 heterocycles. The van der Waals surface area contributed by atoms with E-state index in [1.165, 1.54) is 20.3 Å². The van der Waals surface area contributed by atoms with Gasteiger partial charge in [-0.25, -0.2) is 0 Å². The highest BCUT2D eigenvalue weighted by molar-refractivity contribution is 14.1. The Hall–Kier alpha value is -0.0700.